The van der Waals surface area contributed by atoms with Gasteiger partial charge in [0, 0.05) is 11.0 Å². The number of sulfonamides is 1. The van der Waals surface area contributed by atoms with Crippen LogP contribution >= 0.6 is 15.9 Å². The summed E-state index contributed by atoms with van der Waals surface area (Å²) in [6.07, 6.45) is 0.985. The van der Waals surface area contributed by atoms with Gasteiger partial charge in [-0.3, -0.25) is 0 Å². The van der Waals surface area contributed by atoms with E-state index in [-0.39, 0.29) is 17.2 Å². The molecular formula is C9H12BrNO4S2. The van der Waals surface area contributed by atoms with E-state index in [9.17, 15) is 16.8 Å². The zero-order valence-corrected chi connectivity index (χ0v) is 12.3. The maximum Gasteiger partial charge on any atom is 0.208 e. The molecule has 5 nitrogen and oxygen atoms in total. The Bertz CT molecular complexity index is 595. The van der Waals surface area contributed by atoms with Crippen molar-refractivity contribution < 1.29 is 16.8 Å². The van der Waals surface area contributed by atoms with Gasteiger partial charge in [-0.1, -0.05) is 22.0 Å². The van der Waals surface area contributed by atoms with Crippen molar-refractivity contribution in [2.75, 3.05) is 18.6 Å². The second-order valence-corrected chi connectivity index (χ2v) is 8.30. The lowest BCUT2D eigenvalue weighted by molar-refractivity contribution is 0.585. The fourth-order valence-corrected chi connectivity index (χ4v) is 3.49. The highest BCUT2D eigenvalue weighted by molar-refractivity contribution is 9.10. The van der Waals surface area contributed by atoms with Crippen molar-refractivity contribution in [1.82, 2.24) is 4.72 Å². The van der Waals surface area contributed by atoms with Crippen LogP contribution in [-0.4, -0.2) is 35.4 Å². The van der Waals surface area contributed by atoms with Gasteiger partial charge in [-0.2, -0.15) is 0 Å². The van der Waals surface area contributed by atoms with Crippen LogP contribution in [0.15, 0.2) is 33.6 Å². The summed E-state index contributed by atoms with van der Waals surface area (Å²) in [6, 6.07) is 6.28. The molecule has 0 aliphatic rings. The third-order valence-corrected chi connectivity index (χ3v) is 4.83. The molecule has 1 aromatic rings. The summed E-state index contributed by atoms with van der Waals surface area (Å²) in [7, 11) is -6.82. The van der Waals surface area contributed by atoms with Crippen LogP contribution in [0.3, 0.4) is 0 Å². The van der Waals surface area contributed by atoms with E-state index in [1.165, 1.54) is 12.1 Å². The molecule has 8 heteroatoms. The van der Waals surface area contributed by atoms with Crippen molar-refractivity contribution >= 4 is 35.8 Å². The Morgan fingerprint density at radius 1 is 1.24 bits per heavy atom. The number of rotatable bonds is 5. The third kappa shape index (κ3) is 5.15. The summed E-state index contributed by atoms with van der Waals surface area (Å²) in [5, 5.41) is 0. The van der Waals surface area contributed by atoms with Crippen molar-refractivity contribution in [2.45, 2.75) is 4.90 Å². The average molecular weight is 342 g/mol. The topological polar surface area (TPSA) is 80.3 Å². The van der Waals surface area contributed by atoms with Gasteiger partial charge in [0.25, 0.3) is 0 Å². The number of halogens is 1. The second-order valence-electron chi connectivity index (χ2n) is 3.44. The fourth-order valence-electron chi connectivity index (χ4n) is 1.14. The molecule has 0 amide bonds. The van der Waals surface area contributed by atoms with Crippen LogP contribution < -0.4 is 4.72 Å². The molecule has 0 aliphatic heterocycles. The van der Waals surface area contributed by atoms with Gasteiger partial charge in [-0.15, -0.1) is 0 Å². The standard InChI is InChI=1S/C9H12BrNO4S2/c1-16(12,13)11-5-6-17(14,15)9-4-2-3-8(10)7-9/h2-4,7,11H,5-6H2,1H3. The van der Waals surface area contributed by atoms with Crippen LogP contribution in [0, 0.1) is 0 Å². The summed E-state index contributed by atoms with van der Waals surface area (Å²) >= 11 is 3.18. The molecule has 0 bridgehead atoms. The summed E-state index contributed by atoms with van der Waals surface area (Å²) in [5.41, 5.74) is 0. The van der Waals surface area contributed by atoms with Gasteiger partial charge in [0.2, 0.25) is 10.0 Å². The highest BCUT2D eigenvalue weighted by Crippen LogP contribution is 2.16. The third-order valence-electron chi connectivity index (χ3n) is 1.89. The lowest BCUT2D eigenvalue weighted by atomic mass is 10.4. The van der Waals surface area contributed by atoms with E-state index in [0.717, 1.165) is 6.26 Å². The second kappa shape index (κ2) is 5.47. The van der Waals surface area contributed by atoms with Crippen LogP contribution in [0.2, 0.25) is 0 Å². The van der Waals surface area contributed by atoms with Crippen LogP contribution in [0.4, 0.5) is 0 Å². The largest absolute Gasteiger partial charge is 0.224 e. The first-order valence-corrected chi connectivity index (χ1v) is 8.97. The normalized spacial score (nSPS) is 12.6. The molecule has 0 radical (unpaired) electrons. The molecule has 1 rings (SSSR count). The van der Waals surface area contributed by atoms with Gasteiger partial charge in [-0.25, -0.2) is 21.6 Å². The predicted octanol–water partition coefficient (Wildman–Crippen LogP) is 0.772. The van der Waals surface area contributed by atoms with E-state index in [0.29, 0.717) is 4.47 Å². The Kier molecular flexibility index (Phi) is 4.70. The van der Waals surface area contributed by atoms with Gasteiger partial charge in [0.15, 0.2) is 9.84 Å². The highest BCUT2D eigenvalue weighted by Gasteiger charge is 2.15. The summed E-state index contributed by atoms with van der Waals surface area (Å²) in [6.45, 7) is -0.131. The zero-order chi connectivity index (χ0) is 13.1. The quantitative estimate of drug-likeness (QED) is 0.857. The maximum absolute atomic E-state index is 11.8. The molecule has 0 fully saturated rings. The average Bonchev–Trinajstić information content (AvgIpc) is 2.15. The minimum Gasteiger partial charge on any atom is -0.224 e. The predicted molar refractivity (Wildman–Crippen MR) is 69.0 cm³/mol. The van der Waals surface area contributed by atoms with E-state index in [4.69, 9.17) is 0 Å². The molecule has 1 aromatic carbocycles. The number of hydrogen-bond acceptors (Lipinski definition) is 4. The Balaban J connectivity index is 2.77. The monoisotopic (exact) mass is 341 g/mol. The van der Waals surface area contributed by atoms with E-state index in [1.807, 2.05) is 0 Å². The van der Waals surface area contributed by atoms with Crippen molar-refractivity contribution in [2.24, 2.45) is 0 Å². The number of benzene rings is 1. The Morgan fingerprint density at radius 3 is 2.41 bits per heavy atom. The van der Waals surface area contributed by atoms with Gasteiger partial charge in [-0.05, 0) is 18.2 Å². The maximum atomic E-state index is 11.8. The molecule has 0 atom stereocenters. The first-order chi connectivity index (χ1) is 7.71. The first kappa shape index (κ1) is 14.6. The van der Waals surface area contributed by atoms with Gasteiger partial charge in [0.05, 0.1) is 16.9 Å². The lowest BCUT2D eigenvalue weighted by Crippen LogP contribution is -2.28. The zero-order valence-electron chi connectivity index (χ0n) is 9.05. The Labute approximate surface area is 109 Å². The highest BCUT2D eigenvalue weighted by atomic mass is 79.9. The Hall–Kier alpha value is -0.440. The van der Waals surface area contributed by atoms with E-state index >= 15 is 0 Å². The van der Waals surface area contributed by atoms with Crippen molar-refractivity contribution in [3.63, 3.8) is 0 Å². The molecule has 0 heterocycles. The molecule has 0 unspecified atom stereocenters. The molecular weight excluding hydrogens is 330 g/mol. The molecule has 0 spiro atoms. The lowest BCUT2D eigenvalue weighted by Gasteiger charge is -2.05. The van der Waals surface area contributed by atoms with Gasteiger partial charge < -0.3 is 0 Å². The Morgan fingerprint density at radius 2 is 1.88 bits per heavy atom. The van der Waals surface area contributed by atoms with Crippen LogP contribution in [-0.2, 0) is 19.9 Å². The molecule has 0 aliphatic carbocycles. The minimum absolute atomic E-state index is 0.131. The van der Waals surface area contributed by atoms with Crippen molar-refractivity contribution in [1.29, 1.82) is 0 Å². The first-order valence-electron chi connectivity index (χ1n) is 4.64. The van der Waals surface area contributed by atoms with Crippen molar-refractivity contribution in [3.8, 4) is 0 Å². The van der Waals surface area contributed by atoms with Gasteiger partial charge in [0.1, 0.15) is 0 Å². The number of sulfone groups is 1. The van der Waals surface area contributed by atoms with Crippen LogP contribution in [0.1, 0.15) is 0 Å². The van der Waals surface area contributed by atoms with E-state index in [1.54, 1.807) is 12.1 Å². The summed E-state index contributed by atoms with van der Waals surface area (Å²) in [5.74, 6) is -0.267. The number of nitrogens with one attached hydrogen (secondary N) is 1. The van der Waals surface area contributed by atoms with Crippen LogP contribution in [0.5, 0.6) is 0 Å². The molecule has 0 saturated carbocycles. The molecule has 0 saturated heterocycles. The molecule has 1 N–H and O–H groups in total. The molecule has 0 aromatic heterocycles. The minimum atomic E-state index is -3.46. The number of hydrogen-bond donors (Lipinski definition) is 1. The fraction of sp³-hybridized carbons (Fsp3) is 0.333. The van der Waals surface area contributed by atoms with E-state index in [2.05, 4.69) is 20.7 Å². The van der Waals surface area contributed by atoms with Crippen molar-refractivity contribution in [3.05, 3.63) is 28.7 Å². The SMILES string of the molecule is CS(=O)(=O)NCCS(=O)(=O)c1cccc(Br)c1. The molecule has 96 valence electrons. The smallest absolute Gasteiger partial charge is 0.208 e. The summed E-state index contributed by atoms with van der Waals surface area (Å²) in [4.78, 5) is 0.169. The summed E-state index contributed by atoms with van der Waals surface area (Å²) < 4.78 is 48.0. The van der Waals surface area contributed by atoms with E-state index < -0.39 is 19.9 Å². The van der Waals surface area contributed by atoms with Gasteiger partial charge >= 0.3 is 0 Å². The molecule has 17 heavy (non-hydrogen) atoms. The van der Waals surface area contributed by atoms with Crippen LogP contribution in [0.25, 0.3) is 0 Å².